The van der Waals surface area contributed by atoms with Gasteiger partial charge < -0.3 is 14.8 Å². The third kappa shape index (κ3) is 5.62. The lowest BCUT2D eigenvalue weighted by Gasteiger charge is -2.17. The van der Waals surface area contributed by atoms with E-state index in [0.717, 1.165) is 0 Å². The molecule has 0 spiro atoms. The normalized spacial score (nSPS) is 12.8. The molecule has 132 valence electrons. The summed E-state index contributed by atoms with van der Waals surface area (Å²) in [6, 6.07) is 10.3. The van der Waals surface area contributed by atoms with E-state index >= 15 is 0 Å². The number of ether oxygens (including phenoxy) is 2. The van der Waals surface area contributed by atoms with Crippen LogP contribution in [0.4, 0.5) is 5.82 Å². The van der Waals surface area contributed by atoms with Crippen molar-refractivity contribution in [3.8, 4) is 5.75 Å². The maximum absolute atomic E-state index is 12.1. The topological polar surface area (TPSA) is 77.5 Å². The van der Waals surface area contributed by atoms with Crippen LogP contribution in [0.15, 0.2) is 42.6 Å². The summed E-state index contributed by atoms with van der Waals surface area (Å²) >= 11 is 11.7. The van der Waals surface area contributed by atoms with E-state index in [4.69, 9.17) is 32.7 Å². The highest BCUT2D eigenvalue weighted by molar-refractivity contribution is 6.36. The maximum Gasteiger partial charge on any atom is 0.347 e. The van der Waals surface area contributed by atoms with Gasteiger partial charge in [-0.3, -0.25) is 4.79 Å². The van der Waals surface area contributed by atoms with Gasteiger partial charge in [0.25, 0.3) is 5.91 Å². The number of esters is 1. The average molecular weight is 383 g/mol. The summed E-state index contributed by atoms with van der Waals surface area (Å²) in [5, 5.41) is 3.00. The Morgan fingerprint density at radius 2 is 1.80 bits per heavy atom. The molecule has 1 amide bonds. The van der Waals surface area contributed by atoms with Crippen molar-refractivity contribution >= 4 is 40.9 Å². The van der Waals surface area contributed by atoms with Crippen LogP contribution in [0.1, 0.15) is 13.8 Å². The Bertz CT molecular complexity index is 756. The van der Waals surface area contributed by atoms with Crippen molar-refractivity contribution in [1.29, 1.82) is 0 Å². The third-order valence-corrected chi connectivity index (χ3v) is 3.59. The first-order chi connectivity index (χ1) is 11.9. The van der Waals surface area contributed by atoms with E-state index in [1.54, 1.807) is 24.3 Å². The van der Waals surface area contributed by atoms with Gasteiger partial charge in [0.15, 0.2) is 18.0 Å². The van der Waals surface area contributed by atoms with E-state index in [9.17, 15) is 9.59 Å². The minimum Gasteiger partial charge on any atom is -0.479 e. The molecule has 0 aliphatic carbocycles. The third-order valence-electron chi connectivity index (χ3n) is 3.10. The number of amides is 1. The minimum atomic E-state index is -1.05. The summed E-state index contributed by atoms with van der Waals surface area (Å²) in [5.74, 6) is -0.576. The lowest BCUT2D eigenvalue weighted by molar-refractivity contribution is -0.159. The summed E-state index contributed by atoms with van der Waals surface area (Å²) in [4.78, 5) is 28.1. The molecule has 0 aliphatic rings. The summed E-state index contributed by atoms with van der Waals surface area (Å²) < 4.78 is 10.6. The van der Waals surface area contributed by atoms with E-state index in [1.807, 2.05) is 6.07 Å². The maximum atomic E-state index is 12.1. The highest BCUT2D eigenvalue weighted by Gasteiger charge is 2.24. The number of nitrogens with zero attached hydrogens (tertiary/aromatic N) is 1. The number of hydrogen-bond acceptors (Lipinski definition) is 5. The zero-order valence-corrected chi connectivity index (χ0v) is 15.0. The van der Waals surface area contributed by atoms with Crippen LogP contribution >= 0.6 is 23.2 Å². The van der Waals surface area contributed by atoms with Gasteiger partial charge in [-0.15, -0.1) is 0 Å². The van der Waals surface area contributed by atoms with E-state index in [0.29, 0.717) is 10.8 Å². The first-order valence-electron chi connectivity index (χ1n) is 7.41. The van der Waals surface area contributed by atoms with Crippen molar-refractivity contribution in [2.45, 2.75) is 26.1 Å². The Morgan fingerprint density at radius 1 is 1.12 bits per heavy atom. The van der Waals surface area contributed by atoms with Crippen LogP contribution in [-0.2, 0) is 14.3 Å². The molecular formula is C17H16Cl2N2O4. The van der Waals surface area contributed by atoms with Gasteiger partial charge in [-0.2, -0.15) is 0 Å². The molecule has 1 aromatic carbocycles. The molecule has 0 bridgehead atoms. The Kier molecular flexibility index (Phi) is 6.61. The molecule has 0 radical (unpaired) electrons. The lowest BCUT2D eigenvalue weighted by Crippen LogP contribution is -2.35. The fourth-order valence-electron chi connectivity index (χ4n) is 1.80. The number of hydrogen-bond donors (Lipinski definition) is 1. The molecule has 0 saturated heterocycles. The fourth-order valence-corrected chi connectivity index (χ4v) is 2.23. The molecule has 1 aromatic heterocycles. The molecule has 6 nitrogen and oxygen atoms in total. The highest BCUT2D eigenvalue weighted by atomic mass is 35.5. The number of aromatic nitrogens is 1. The fraction of sp³-hybridized carbons (Fsp3) is 0.235. The number of para-hydroxylation sites is 1. The molecule has 1 heterocycles. The second-order valence-corrected chi connectivity index (χ2v) is 5.97. The predicted octanol–water partition coefficient (Wildman–Crippen LogP) is 3.73. The monoisotopic (exact) mass is 382 g/mol. The van der Waals surface area contributed by atoms with E-state index in [1.165, 1.54) is 26.1 Å². The number of nitrogens with one attached hydrogen (secondary N) is 1. The number of anilines is 1. The molecule has 0 fully saturated rings. The molecule has 0 unspecified atom stereocenters. The van der Waals surface area contributed by atoms with Gasteiger partial charge in [-0.05, 0) is 32.0 Å². The SMILES string of the molecule is C[C@H](OC(=O)[C@@H](C)Oc1ccccc1)C(=O)Nc1ncc(Cl)cc1Cl. The Labute approximate surface area is 155 Å². The van der Waals surface area contributed by atoms with Gasteiger partial charge in [-0.25, -0.2) is 9.78 Å². The van der Waals surface area contributed by atoms with Gasteiger partial charge in [0.1, 0.15) is 5.75 Å². The van der Waals surface area contributed by atoms with Crippen molar-refractivity contribution in [3.05, 3.63) is 52.6 Å². The minimum absolute atomic E-state index is 0.132. The Morgan fingerprint density at radius 3 is 2.44 bits per heavy atom. The zero-order chi connectivity index (χ0) is 18.4. The molecular weight excluding hydrogens is 367 g/mol. The second kappa shape index (κ2) is 8.69. The lowest BCUT2D eigenvalue weighted by atomic mass is 10.3. The largest absolute Gasteiger partial charge is 0.479 e. The molecule has 1 N–H and O–H groups in total. The van der Waals surface area contributed by atoms with Gasteiger partial charge >= 0.3 is 5.97 Å². The summed E-state index contributed by atoms with van der Waals surface area (Å²) in [6.45, 7) is 2.98. The van der Waals surface area contributed by atoms with Crippen LogP contribution in [0, 0.1) is 0 Å². The summed E-state index contributed by atoms with van der Waals surface area (Å²) in [7, 11) is 0. The first kappa shape index (κ1) is 19.0. The van der Waals surface area contributed by atoms with Crippen LogP contribution in [0.2, 0.25) is 10.0 Å². The van der Waals surface area contributed by atoms with Crippen LogP contribution < -0.4 is 10.1 Å². The van der Waals surface area contributed by atoms with Crippen LogP contribution in [0.3, 0.4) is 0 Å². The van der Waals surface area contributed by atoms with Gasteiger partial charge in [-0.1, -0.05) is 41.4 Å². The number of carbonyl (C=O) groups excluding carboxylic acids is 2. The number of carbonyl (C=O) groups is 2. The standard InChI is InChI=1S/C17H16Cl2N2O4/c1-10(16(22)21-15-14(19)8-12(18)9-20-15)25-17(23)11(2)24-13-6-4-3-5-7-13/h3-11H,1-2H3,(H,20,21,22)/t10-,11+/m0/s1. The number of pyridine rings is 1. The molecule has 2 atom stereocenters. The number of halogens is 2. The quantitative estimate of drug-likeness (QED) is 0.770. The molecule has 0 saturated carbocycles. The molecule has 2 aromatic rings. The van der Waals surface area contributed by atoms with Gasteiger partial charge in [0.2, 0.25) is 0 Å². The average Bonchev–Trinajstić information content (AvgIpc) is 2.58. The van der Waals surface area contributed by atoms with Crippen LogP contribution in [0.25, 0.3) is 0 Å². The molecule has 8 heteroatoms. The Balaban J connectivity index is 1.90. The Hall–Kier alpha value is -2.31. The molecule has 0 aliphatic heterocycles. The first-order valence-corrected chi connectivity index (χ1v) is 8.16. The predicted molar refractivity (Wildman–Crippen MR) is 95.0 cm³/mol. The zero-order valence-electron chi connectivity index (χ0n) is 13.5. The van der Waals surface area contributed by atoms with E-state index < -0.39 is 24.1 Å². The summed E-state index contributed by atoms with van der Waals surface area (Å²) in [6.07, 6.45) is -0.576. The van der Waals surface area contributed by atoms with Crippen molar-refractivity contribution < 1.29 is 19.1 Å². The van der Waals surface area contributed by atoms with E-state index in [2.05, 4.69) is 10.3 Å². The number of benzene rings is 1. The van der Waals surface area contributed by atoms with Crippen molar-refractivity contribution in [2.75, 3.05) is 5.32 Å². The summed E-state index contributed by atoms with van der Waals surface area (Å²) in [5.41, 5.74) is 0. The van der Waals surface area contributed by atoms with Crippen molar-refractivity contribution in [3.63, 3.8) is 0 Å². The van der Waals surface area contributed by atoms with Crippen molar-refractivity contribution in [2.24, 2.45) is 0 Å². The highest BCUT2D eigenvalue weighted by Crippen LogP contribution is 2.22. The molecule has 25 heavy (non-hydrogen) atoms. The van der Waals surface area contributed by atoms with Gasteiger partial charge in [0, 0.05) is 6.20 Å². The van der Waals surface area contributed by atoms with Crippen molar-refractivity contribution in [1.82, 2.24) is 4.98 Å². The smallest absolute Gasteiger partial charge is 0.347 e. The van der Waals surface area contributed by atoms with E-state index in [-0.39, 0.29) is 10.8 Å². The molecule has 2 rings (SSSR count). The van der Waals surface area contributed by atoms with Crippen LogP contribution in [0.5, 0.6) is 5.75 Å². The van der Waals surface area contributed by atoms with Gasteiger partial charge in [0.05, 0.1) is 10.0 Å². The van der Waals surface area contributed by atoms with Crippen LogP contribution in [-0.4, -0.2) is 29.1 Å². The number of rotatable bonds is 6. The second-order valence-electron chi connectivity index (χ2n) is 5.13.